The number of carbonyl (C=O) groups excluding carboxylic acids is 1. The van der Waals surface area contributed by atoms with Crippen LogP contribution in [0.3, 0.4) is 0 Å². The van der Waals surface area contributed by atoms with Gasteiger partial charge < -0.3 is 9.47 Å². The van der Waals surface area contributed by atoms with Gasteiger partial charge in [-0.05, 0) is 57.3 Å². The predicted molar refractivity (Wildman–Crippen MR) is 111 cm³/mol. The van der Waals surface area contributed by atoms with E-state index in [-0.39, 0.29) is 6.71 Å². The molecule has 4 nitrogen and oxygen atoms in total. The average Bonchev–Trinajstić information content (AvgIpc) is 3.04. The number of fused-ring (bicyclic) bond motifs is 2. The van der Waals surface area contributed by atoms with Gasteiger partial charge in [-0.3, -0.25) is 0 Å². The molecular formula is C23H12BNO3. The third-order valence-corrected chi connectivity index (χ3v) is 6.21. The predicted octanol–water partition coefficient (Wildman–Crippen LogP) is 3.50. The van der Waals surface area contributed by atoms with Crippen molar-refractivity contribution in [3.05, 3.63) is 66.7 Å². The SMILES string of the molecule is C=Cc1cc2c3c4c1C(=C)OC(=O)N4c1cccc4c1B3c1c(cccc1-2)O4. The summed E-state index contributed by atoms with van der Waals surface area (Å²) in [6.45, 7) is 8.04. The fourth-order valence-corrected chi connectivity index (χ4v) is 5.24. The molecule has 4 aliphatic rings. The first-order chi connectivity index (χ1) is 13.7. The summed E-state index contributed by atoms with van der Waals surface area (Å²) in [6, 6.07) is 14.1. The molecule has 130 valence electrons. The van der Waals surface area contributed by atoms with Crippen molar-refractivity contribution < 1.29 is 14.3 Å². The van der Waals surface area contributed by atoms with Gasteiger partial charge in [0.25, 0.3) is 6.71 Å². The molecule has 0 radical (unpaired) electrons. The third kappa shape index (κ3) is 1.35. The largest absolute Gasteiger partial charge is 0.458 e. The number of amides is 1. The molecule has 4 heterocycles. The second-order valence-corrected chi connectivity index (χ2v) is 7.42. The van der Waals surface area contributed by atoms with Gasteiger partial charge in [0.1, 0.15) is 17.3 Å². The minimum absolute atomic E-state index is 0.0451. The van der Waals surface area contributed by atoms with E-state index in [1.54, 1.807) is 11.0 Å². The van der Waals surface area contributed by atoms with Crippen LogP contribution < -0.4 is 26.0 Å². The van der Waals surface area contributed by atoms with Gasteiger partial charge in [0.15, 0.2) is 0 Å². The third-order valence-electron chi connectivity index (χ3n) is 6.21. The number of nitrogens with zero attached hydrogens (tertiary/aromatic N) is 1. The number of cyclic esters (lactones) is 1. The molecule has 0 aromatic heterocycles. The van der Waals surface area contributed by atoms with Gasteiger partial charge in [-0.25, -0.2) is 9.69 Å². The molecule has 3 aromatic carbocycles. The van der Waals surface area contributed by atoms with E-state index in [1.807, 2.05) is 30.3 Å². The molecule has 7 rings (SSSR count). The maximum atomic E-state index is 13.0. The maximum absolute atomic E-state index is 13.0. The van der Waals surface area contributed by atoms with Gasteiger partial charge in [-0.1, -0.05) is 37.4 Å². The second-order valence-electron chi connectivity index (χ2n) is 7.42. The zero-order chi connectivity index (χ0) is 18.7. The van der Waals surface area contributed by atoms with Crippen LogP contribution in [0.2, 0.25) is 0 Å². The van der Waals surface area contributed by atoms with Crippen LogP contribution in [0, 0.1) is 0 Å². The van der Waals surface area contributed by atoms with Gasteiger partial charge in [0.2, 0.25) is 0 Å². The van der Waals surface area contributed by atoms with Crippen molar-refractivity contribution in [1.29, 1.82) is 0 Å². The van der Waals surface area contributed by atoms with Gasteiger partial charge >= 0.3 is 6.09 Å². The van der Waals surface area contributed by atoms with Crippen LogP contribution >= 0.6 is 0 Å². The zero-order valence-electron chi connectivity index (χ0n) is 14.8. The smallest absolute Gasteiger partial charge is 0.424 e. The highest BCUT2D eigenvalue weighted by molar-refractivity contribution is 7.02. The summed E-state index contributed by atoms with van der Waals surface area (Å²) >= 11 is 0. The average molecular weight is 361 g/mol. The van der Waals surface area contributed by atoms with Crippen molar-refractivity contribution in [2.75, 3.05) is 4.90 Å². The van der Waals surface area contributed by atoms with Crippen molar-refractivity contribution in [1.82, 2.24) is 0 Å². The molecule has 0 saturated heterocycles. The van der Waals surface area contributed by atoms with Crippen LogP contribution in [0.1, 0.15) is 11.1 Å². The topological polar surface area (TPSA) is 38.8 Å². The van der Waals surface area contributed by atoms with Crippen molar-refractivity contribution >= 4 is 52.4 Å². The number of carbonyl (C=O) groups is 1. The Morgan fingerprint density at radius 2 is 1.75 bits per heavy atom. The number of hydrogen-bond donors (Lipinski definition) is 0. The molecule has 3 aromatic rings. The number of hydrogen-bond acceptors (Lipinski definition) is 3. The van der Waals surface area contributed by atoms with Crippen LogP contribution in [0.25, 0.3) is 23.0 Å². The highest BCUT2D eigenvalue weighted by Crippen LogP contribution is 2.48. The van der Waals surface area contributed by atoms with E-state index in [0.717, 1.165) is 56.1 Å². The molecule has 1 amide bonds. The summed E-state index contributed by atoms with van der Waals surface area (Å²) in [7, 11) is 0. The van der Waals surface area contributed by atoms with Crippen LogP contribution in [0.5, 0.6) is 11.5 Å². The van der Waals surface area contributed by atoms with Gasteiger partial charge in [0.05, 0.1) is 11.4 Å². The van der Waals surface area contributed by atoms with Crippen LogP contribution in [0.15, 0.2) is 55.6 Å². The Balaban J connectivity index is 1.75. The molecule has 0 unspecified atom stereocenters. The van der Waals surface area contributed by atoms with Crippen molar-refractivity contribution in [2.45, 2.75) is 0 Å². The van der Waals surface area contributed by atoms with E-state index in [9.17, 15) is 4.79 Å². The zero-order valence-corrected chi connectivity index (χ0v) is 14.8. The number of benzene rings is 3. The summed E-state index contributed by atoms with van der Waals surface area (Å²) in [5.41, 5.74) is 9.02. The molecule has 4 aliphatic heterocycles. The Labute approximate surface area is 161 Å². The Bertz CT molecular complexity index is 1340. The van der Waals surface area contributed by atoms with Crippen molar-refractivity contribution in [3.8, 4) is 22.6 Å². The molecule has 5 heteroatoms. The first-order valence-electron chi connectivity index (χ1n) is 9.17. The Morgan fingerprint density at radius 3 is 2.57 bits per heavy atom. The molecule has 28 heavy (non-hydrogen) atoms. The van der Waals surface area contributed by atoms with Gasteiger partial charge in [-0.2, -0.15) is 0 Å². The van der Waals surface area contributed by atoms with Crippen LogP contribution in [0.4, 0.5) is 16.2 Å². The molecular weight excluding hydrogens is 349 g/mol. The minimum atomic E-state index is -0.436. The fourth-order valence-electron chi connectivity index (χ4n) is 5.24. The normalized spacial score (nSPS) is 15.9. The van der Waals surface area contributed by atoms with E-state index in [0.29, 0.717) is 5.76 Å². The van der Waals surface area contributed by atoms with E-state index in [1.165, 1.54) is 5.46 Å². The molecule has 0 atom stereocenters. The number of ether oxygens (including phenoxy) is 2. The molecule has 0 bridgehead atoms. The summed E-state index contributed by atoms with van der Waals surface area (Å²) < 4.78 is 11.8. The summed E-state index contributed by atoms with van der Waals surface area (Å²) in [5, 5.41) is 0. The monoisotopic (exact) mass is 361 g/mol. The van der Waals surface area contributed by atoms with Crippen molar-refractivity contribution in [2.24, 2.45) is 0 Å². The minimum Gasteiger partial charge on any atom is -0.458 e. The Kier molecular flexibility index (Phi) is 2.25. The lowest BCUT2D eigenvalue weighted by atomic mass is 9.36. The lowest BCUT2D eigenvalue weighted by Crippen LogP contribution is -2.59. The van der Waals surface area contributed by atoms with E-state index in [4.69, 9.17) is 9.47 Å². The lowest BCUT2D eigenvalue weighted by Gasteiger charge is -2.40. The quantitative estimate of drug-likeness (QED) is 0.429. The first kappa shape index (κ1) is 14.3. The first-order valence-corrected chi connectivity index (χ1v) is 9.17. The van der Waals surface area contributed by atoms with Crippen molar-refractivity contribution in [3.63, 3.8) is 0 Å². The maximum Gasteiger partial charge on any atom is 0.424 e. The number of rotatable bonds is 1. The standard InChI is InChI=1S/C23H12BNO3/c1-3-12-10-14-13-6-4-8-16-19(13)24-20(14)22-18(12)11(2)27-23(26)25(22)15-7-5-9-17(28-16)21(15)24/h3-10H,1-2H2. The van der Waals surface area contributed by atoms with Gasteiger partial charge in [0, 0.05) is 5.56 Å². The molecule has 0 aliphatic carbocycles. The highest BCUT2D eigenvalue weighted by atomic mass is 16.6. The number of anilines is 2. The summed E-state index contributed by atoms with van der Waals surface area (Å²) in [6.07, 6.45) is 1.36. The Morgan fingerprint density at radius 1 is 0.964 bits per heavy atom. The highest BCUT2D eigenvalue weighted by Gasteiger charge is 2.51. The summed E-state index contributed by atoms with van der Waals surface area (Å²) in [5.74, 6) is 2.04. The molecule has 0 N–H and O–H groups in total. The second kappa shape index (κ2) is 4.39. The Hall–Kier alpha value is -3.73. The van der Waals surface area contributed by atoms with E-state index in [2.05, 4.69) is 25.3 Å². The summed E-state index contributed by atoms with van der Waals surface area (Å²) in [4.78, 5) is 14.6. The lowest BCUT2D eigenvalue weighted by molar-refractivity contribution is 0.200. The van der Waals surface area contributed by atoms with Crippen LogP contribution in [-0.2, 0) is 4.74 Å². The fraction of sp³-hybridized carbons (Fsp3) is 0. The molecule has 0 saturated carbocycles. The van der Waals surface area contributed by atoms with E-state index >= 15 is 0 Å². The van der Waals surface area contributed by atoms with Gasteiger partial charge in [-0.15, -0.1) is 0 Å². The molecule has 0 spiro atoms. The van der Waals surface area contributed by atoms with Crippen LogP contribution in [-0.4, -0.2) is 12.8 Å². The molecule has 0 fully saturated rings. The van der Waals surface area contributed by atoms with E-state index < -0.39 is 6.09 Å².